The highest BCUT2D eigenvalue weighted by Gasteiger charge is 2.29. The summed E-state index contributed by atoms with van der Waals surface area (Å²) >= 11 is 0. The average molecular weight is 307 g/mol. The van der Waals surface area contributed by atoms with Crippen LogP contribution in [0.15, 0.2) is 30.3 Å². The highest BCUT2D eigenvalue weighted by atomic mass is 16.6. The van der Waals surface area contributed by atoms with Gasteiger partial charge in [0.25, 0.3) is 5.78 Å². The van der Waals surface area contributed by atoms with Crippen molar-refractivity contribution in [2.75, 3.05) is 7.11 Å². The fourth-order valence-corrected chi connectivity index (χ4v) is 1.75. The average Bonchev–Trinajstić information content (AvgIpc) is 2.44. The normalized spacial score (nSPS) is 12.2. The van der Waals surface area contributed by atoms with Crippen molar-refractivity contribution in [3.05, 3.63) is 35.9 Å². The number of benzene rings is 1. The quantitative estimate of drug-likeness (QED) is 0.663. The van der Waals surface area contributed by atoms with Gasteiger partial charge >= 0.3 is 12.1 Å². The first-order chi connectivity index (χ1) is 10.2. The first kappa shape index (κ1) is 17.7. The van der Waals surface area contributed by atoms with Crippen molar-refractivity contribution in [1.82, 2.24) is 5.32 Å². The second-order valence-electron chi connectivity index (χ2n) is 5.74. The van der Waals surface area contributed by atoms with Crippen LogP contribution in [0.5, 0.6) is 0 Å². The zero-order valence-electron chi connectivity index (χ0n) is 13.2. The minimum absolute atomic E-state index is 0.175. The van der Waals surface area contributed by atoms with Gasteiger partial charge in [-0.25, -0.2) is 9.59 Å². The Kier molecular flexibility index (Phi) is 6.10. The molecule has 1 N–H and O–H groups in total. The SMILES string of the molecule is COC(=O)C(=O)[C@H](Cc1ccccc1)NC(=O)OC(C)(C)C. The summed E-state index contributed by atoms with van der Waals surface area (Å²) < 4.78 is 9.55. The highest BCUT2D eigenvalue weighted by molar-refractivity contribution is 6.36. The van der Waals surface area contributed by atoms with Gasteiger partial charge in [0.15, 0.2) is 0 Å². The molecule has 1 rings (SSSR count). The lowest BCUT2D eigenvalue weighted by atomic mass is 10.0. The minimum atomic E-state index is -1.04. The molecule has 0 saturated heterocycles. The number of ketones is 1. The molecule has 0 fully saturated rings. The zero-order chi connectivity index (χ0) is 16.8. The Bertz CT molecular complexity index is 533. The number of rotatable bonds is 5. The van der Waals surface area contributed by atoms with Gasteiger partial charge in [-0.15, -0.1) is 0 Å². The lowest BCUT2D eigenvalue weighted by molar-refractivity contribution is -0.152. The molecule has 22 heavy (non-hydrogen) atoms. The van der Waals surface area contributed by atoms with Crippen molar-refractivity contribution < 1.29 is 23.9 Å². The molecule has 6 nitrogen and oxygen atoms in total. The zero-order valence-corrected chi connectivity index (χ0v) is 13.2. The van der Waals surface area contributed by atoms with E-state index in [1.165, 1.54) is 0 Å². The Labute approximate surface area is 129 Å². The molecule has 0 aromatic heterocycles. The Morgan fingerprint density at radius 1 is 1.14 bits per heavy atom. The van der Waals surface area contributed by atoms with E-state index >= 15 is 0 Å². The van der Waals surface area contributed by atoms with Crippen molar-refractivity contribution >= 4 is 17.8 Å². The summed E-state index contributed by atoms with van der Waals surface area (Å²) in [5.74, 6) is -1.82. The van der Waals surface area contributed by atoms with Crippen molar-refractivity contribution in [2.45, 2.75) is 38.8 Å². The largest absolute Gasteiger partial charge is 0.463 e. The summed E-state index contributed by atoms with van der Waals surface area (Å²) in [5.41, 5.74) is 0.108. The third kappa shape index (κ3) is 5.95. The molecule has 6 heteroatoms. The van der Waals surface area contributed by atoms with Crippen LogP contribution in [0.25, 0.3) is 0 Å². The van der Waals surface area contributed by atoms with E-state index in [4.69, 9.17) is 4.74 Å². The molecule has 1 amide bonds. The summed E-state index contributed by atoms with van der Waals surface area (Å²) in [6, 6.07) is 8.01. The van der Waals surface area contributed by atoms with Crippen LogP contribution in [0.2, 0.25) is 0 Å². The molecule has 1 atom stereocenters. The number of alkyl carbamates (subject to hydrolysis) is 1. The molecule has 0 spiro atoms. The number of carbonyl (C=O) groups is 3. The summed E-state index contributed by atoms with van der Waals surface area (Å²) in [4.78, 5) is 35.3. The molecule has 0 unspecified atom stereocenters. The molecule has 0 aliphatic rings. The molecule has 0 aliphatic heterocycles. The van der Waals surface area contributed by atoms with Crippen molar-refractivity contribution in [2.24, 2.45) is 0 Å². The maximum atomic E-state index is 12.0. The number of nitrogens with one attached hydrogen (secondary N) is 1. The van der Waals surface area contributed by atoms with Gasteiger partial charge in [0.1, 0.15) is 11.6 Å². The van der Waals surface area contributed by atoms with E-state index in [1.54, 1.807) is 32.9 Å². The van der Waals surface area contributed by atoms with E-state index in [2.05, 4.69) is 10.1 Å². The predicted octanol–water partition coefficient (Wildman–Crippen LogP) is 1.86. The monoisotopic (exact) mass is 307 g/mol. The number of methoxy groups -OCH3 is 1. The minimum Gasteiger partial charge on any atom is -0.463 e. The van der Waals surface area contributed by atoms with Crippen LogP contribution in [0.4, 0.5) is 4.79 Å². The smallest absolute Gasteiger partial charge is 0.408 e. The standard InChI is InChI=1S/C16H21NO5/c1-16(2,3)22-15(20)17-12(13(18)14(19)21-4)10-11-8-6-5-7-9-11/h5-9,12H,10H2,1-4H3,(H,17,20)/t12-/m0/s1. The van der Waals surface area contributed by atoms with Crippen LogP contribution in [-0.2, 0) is 25.5 Å². The maximum absolute atomic E-state index is 12.0. The van der Waals surface area contributed by atoms with Crippen LogP contribution in [0.3, 0.4) is 0 Å². The van der Waals surface area contributed by atoms with Gasteiger partial charge in [-0.3, -0.25) is 4.79 Å². The Balaban J connectivity index is 2.85. The highest BCUT2D eigenvalue weighted by Crippen LogP contribution is 2.09. The molecule has 1 aromatic carbocycles. The number of amides is 1. The van der Waals surface area contributed by atoms with Gasteiger partial charge in [-0.2, -0.15) is 0 Å². The van der Waals surface area contributed by atoms with E-state index < -0.39 is 29.5 Å². The molecule has 0 heterocycles. The summed E-state index contributed by atoms with van der Waals surface area (Å²) in [7, 11) is 1.12. The van der Waals surface area contributed by atoms with E-state index in [0.717, 1.165) is 12.7 Å². The fraction of sp³-hybridized carbons (Fsp3) is 0.438. The molecule has 1 aromatic rings. The number of esters is 1. The second kappa shape index (κ2) is 7.59. The third-order valence-corrected chi connectivity index (χ3v) is 2.68. The molecule has 0 aliphatic carbocycles. The molecular weight excluding hydrogens is 286 g/mol. The molecule has 0 saturated carbocycles. The number of hydrogen-bond acceptors (Lipinski definition) is 5. The van der Waals surface area contributed by atoms with E-state index in [1.807, 2.05) is 18.2 Å². The van der Waals surface area contributed by atoms with Crippen molar-refractivity contribution in [3.8, 4) is 0 Å². The molecule has 0 radical (unpaired) electrons. The van der Waals surface area contributed by atoms with Gasteiger partial charge in [0.05, 0.1) is 7.11 Å². The van der Waals surface area contributed by atoms with Crippen LogP contribution in [0.1, 0.15) is 26.3 Å². The summed E-state index contributed by atoms with van der Waals surface area (Å²) in [6.07, 6.45) is -0.584. The third-order valence-electron chi connectivity index (χ3n) is 2.68. The molecular formula is C16H21NO5. The Morgan fingerprint density at radius 2 is 1.73 bits per heavy atom. The number of Topliss-reactive ketones (excluding diaryl/α,β-unsaturated/α-hetero) is 1. The fourth-order valence-electron chi connectivity index (χ4n) is 1.75. The van der Waals surface area contributed by atoms with Gasteiger partial charge < -0.3 is 14.8 Å². The van der Waals surface area contributed by atoms with Crippen molar-refractivity contribution in [1.29, 1.82) is 0 Å². The summed E-state index contributed by atoms with van der Waals surface area (Å²) in [6.45, 7) is 5.13. The Morgan fingerprint density at radius 3 is 2.23 bits per heavy atom. The first-order valence-electron chi connectivity index (χ1n) is 6.88. The van der Waals surface area contributed by atoms with Gasteiger partial charge in [0, 0.05) is 6.42 Å². The van der Waals surface area contributed by atoms with Crippen LogP contribution in [-0.4, -0.2) is 36.6 Å². The molecule has 120 valence electrons. The van der Waals surface area contributed by atoms with Gasteiger partial charge in [0.2, 0.25) is 0 Å². The number of hydrogen-bond donors (Lipinski definition) is 1. The first-order valence-corrected chi connectivity index (χ1v) is 6.88. The second-order valence-corrected chi connectivity index (χ2v) is 5.74. The van der Waals surface area contributed by atoms with Crippen molar-refractivity contribution in [3.63, 3.8) is 0 Å². The van der Waals surface area contributed by atoms with E-state index in [0.29, 0.717) is 0 Å². The van der Waals surface area contributed by atoms with Crippen LogP contribution in [0, 0.1) is 0 Å². The lowest BCUT2D eigenvalue weighted by Gasteiger charge is -2.22. The summed E-state index contributed by atoms with van der Waals surface area (Å²) in [5, 5.41) is 2.43. The van der Waals surface area contributed by atoms with E-state index in [-0.39, 0.29) is 6.42 Å². The topological polar surface area (TPSA) is 81.7 Å². The number of ether oxygens (including phenoxy) is 2. The van der Waals surface area contributed by atoms with Crippen LogP contribution >= 0.6 is 0 Å². The van der Waals surface area contributed by atoms with E-state index in [9.17, 15) is 14.4 Å². The Hall–Kier alpha value is -2.37. The number of carbonyl (C=O) groups excluding carboxylic acids is 3. The predicted molar refractivity (Wildman–Crippen MR) is 80.3 cm³/mol. The maximum Gasteiger partial charge on any atom is 0.408 e. The lowest BCUT2D eigenvalue weighted by Crippen LogP contribution is -2.47. The van der Waals surface area contributed by atoms with Gasteiger partial charge in [-0.1, -0.05) is 30.3 Å². The molecule has 0 bridgehead atoms. The van der Waals surface area contributed by atoms with Gasteiger partial charge in [-0.05, 0) is 26.3 Å². The van der Waals surface area contributed by atoms with Crippen LogP contribution < -0.4 is 5.32 Å².